The van der Waals surface area contributed by atoms with Crippen molar-refractivity contribution in [2.24, 2.45) is 0 Å². The van der Waals surface area contributed by atoms with E-state index in [1.807, 2.05) is 30.3 Å². The Labute approximate surface area is 206 Å². The molecule has 1 saturated heterocycles. The Bertz CT molecular complexity index is 1250. The maximum absolute atomic E-state index is 13.4. The largest absolute Gasteiger partial charge is 0.465 e. The summed E-state index contributed by atoms with van der Waals surface area (Å²) in [7, 11) is 1.33. The number of ether oxygens (including phenoxy) is 1. The van der Waals surface area contributed by atoms with Crippen molar-refractivity contribution in [3.05, 3.63) is 76.2 Å². The highest BCUT2D eigenvalue weighted by Gasteiger charge is 2.44. The monoisotopic (exact) mass is 492 g/mol. The fourth-order valence-corrected chi connectivity index (χ4v) is 7.16. The SMILES string of the molecule is COC(=O)c1c(N2C(=O)CC(Sc3ccc(N)cc3)C2=O)sc2c1CCC(c1ccccc1)C2. The topological polar surface area (TPSA) is 89.7 Å². The van der Waals surface area contributed by atoms with Crippen LogP contribution in [-0.2, 0) is 27.2 Å². The fraction of sp³-hybridized carbons (Fsp3) is 0.269. The van der Waals surface area contributed by atoms with Crippen LogP contribution in [0, 0.1) is 0 Å². The van der Waals surface area contributed by atoms with Gasteiger partial charge in [-0.3, -0.25) is 9.59 Å². The van der Waals surface area contributed by atoms with E-state index in [0.29, 0.717) is 28.6 Å². The van der Waals surface area contributed by atoms with Gasteiger partial charge in [-0.05, 0) is 60.6 Å². The molecule has 1 fully saturated rings. The van der Waals surface area contributed by atoms with Crippen molar-refractivity contribution in [3.63, 3.8) is 0 Å². The Kier molecular flexibility index (Phi) is 6.18. The summed E-state index contributed by atoms with van der Waals surface area (Å²) in [6.07, 6.45) is 2.46. The van der Waals surface area contributed by atoms with Gasteiger partial charge >= 0.3 is 5.97 Å². The van der Waals surface area contributed by atoms with E-state index in [1.165, 1.54) is 40.7 Å². The zero-order chi connectivity index (χ0) is 23.8. The molecule has 1 aliphatic heterocycles. The maximum atomic E-state index is 13.4. The van der Waals surface area contributed by atoms with E-state index in [1.54, 1.807) is 12.1 Å². The van der Waals surface area contributed by atoms with Gasteiger partial charge in [-0.25, -0.2) is 9.69 Å². The molecule has 1 aliphatic carbocycles. The summed E-state index contributed by atoms with van der Waals surface area (Å²) in [5, 5.41) is -0.140. The quantitative estimate of drug-likeness (QED) is 0.312. The molecule has 3 aromatic rings. The number of rotatable bonds is 5. The molecule has 0 saturated carbocycles. The van der Waals surface area contributed by atoms with Crippen molar-refractivity contribution in [3.8, 4) is 0 Å². The lowest BCUT2D eigenvalue weighted by molar-refractivity contribution is -0.121. The van der Waals surface area contributed by atoms with Crippen LogP contribution in [0.2, 0.25) is 0 Å². The predicted molar refractivity (Wildman–Crippen MR) is 134 cm³/mol. The molecule has 1 aromatic heterocycles. The summed E-state index contributed by atoms with van der Waals surface area (Å²) in [5.74, 6) is -0.748. The number of nitrogen functional groups attached to an aromatic ring is 1. The number of hydrogen-bond acceptors (Lipinski definition) is 7. The third-order valence-electron chi connectivity index (χ3n) is 6.37. The molecular weight excluding hydrogens is 468 g/mol. The van der Waals surface area contributed by atoms with Gasteiger partial charge in [-0.15, -0.1) is 23.1 Å². The molecule has 2 amide bonds. The van der Waals surface area contributed by atoms with Crippen LogP contribution < -0.4 is 10.6 Å². The summed E-state index contributed by atoms with van der Waals surface area (Å²) in [6, 6.07) is 17.5. The summed E-state index contributed by atoms with van der Waals surface area (Å²) in [4.78, 5) is 42.3. The fourth-order valence-electron chi connectivity index (χ4n) is 4.67. The molecule has 2 aliphatic rings. The van der Waals surface area contributed by atoms with Crippen LogP contribution in [0.3, 0.4) is 0 Å². The van der Waals surface area contributed by atoms with Gasteiger partial charge < -0.3 is 10.5 Å². The van der Waals surface area contributed by atoms with Crippen molar-refractivity contribution in [2.75, 3.05) is 17.7 Å². The number of nitrogens with two attached hydrogens (primary N) is 1. The predicted octanol–water partition coefficient (Wildman–Crippen LogP) is 4.81. The minimum atomic E-state index is -0.544. The van der Waals surface area contributed by atoms with E-state index in [2.05, 4.69) is 12.1 Å². The number of carbonyl (C=O) groups is 3. The number of imide groups is 1. The smallest absolute Gasteiger partial charge is 0.341 e. The van der Waals surface area contributed by atoms with Gasteiger partial charge in [-0.2, -0.15) is 0 Å². The van der Waals surface area contributed by atoms with Crippen LogP contribution in [0.5, 0.6) is 0 Å². The third kappa shape index (κ3) is 4.12. The highest BCUT2D eigenvalue weighted by Crippen LogP contribution is 2.46. The molecule has 34 heavy (non-hydrogen) atoms. The van der Waals surface area contributed by atoms with Crippen LogP contribution in [0.4, 0.5) is 10.7 Å². The summed E-state index contributed by atoms with van der Waals surface area (Å²) < 4.78 is 5.08. The zero-order valence-electron chi connectivity index (χ0n) is 18.7. The second-order valence-corrected chi connectivity index (χ2v) is 10.8. The zero-order valence-corrected chi connectivity index (χ0v) is 20.3. The number of esters is 1. The van der Waals surface area contributed by atoms with Gasteiger partial charge in [0.05, 0.1) is 17.9 Å². The molecule has 5 rings (SSSR count). The lowest BCUT2D eigenvalue weighted by Gasteiger charge is -2.23. The number of nitrogens with zero attached hydrogens (tertiary/aromatic N) is 1. The van der Waals surface area contributed by atoms with E-state index in [0.717, 1.165) is 28.2 Å². The van der Waals surface area contributed by atoms with Crippen molar-refractivity contribution >= 4 is 51.6 Å². The first kappa shape index (κ1) is 22.7. The Hall–Kier alpha value is -3.10. The minimum Gasteiger partial charge on any atom is -0.465 e. The highest BCUT2D eigenvalue weighted by atomic mass is 32.2. The van der Waals surface area contributed by atoms with E-state index in [-0.39, 0.29) is 18.2 Å². The number of anilines is 2. The molecule has 2 unspecified atom stereocenters. The first-order valence-electron chi connectivity index (χ1n) is 11.1. The highest BCUT2D eigenvalue weighted by molar-refractivity contribution is 8.00. The van der Waals surface area contributed by atoms with E-state index in [4.69, 9.17) is 10.5 Å². The molecule has 2 N–H and O–H groups in total. The van der Waals surface area contributed by atoms with Crippen molar-refractivity contribution in [1.82, 2.24) is 0 Å². The number of amides is 2. The average Bonchev–Trinajstić information content (AvgIpc) is 3.36. The normalized spacial score (nSPS) is 19.9. The Morgan fingerprint density at radius 3 is 2.53 bits per heavy atom. The molecular formula is C26H24N2O4S2. The Morgan fingerprint density at radius 2 is 1.82 bits per heavy atom. The molecule has 8 heteroatoms. The molecule has 0 spiro atoms. The molecule has 0 radical (unpaired) electrons. The number of thioether (sulfide) groups is 1. The Balaban J connectivity index is 1.46. The van der Waals surface area contributed by atoms with E-state index in [9.17, 15) is 14.4 Å². The van der Waals surface area contributed by atoms with Crippen LogP contribution >= 0.6 is 23.1 Å². The summed E-state index contributed by atoms with van der Waals surface area (Å²) >= 11 is 2.72. The van der Waals surface area contributed by atoms with Gasteiger partial charge in [0.15, 0.2) is 0 Å². The second kappa shape index (κ2) is 9.27. The lowest BCUT2D eigenvalue weighted by Crippen LogP contribution is -2.31. The Morgan fingerprint density at radius 1 is 1.09 bits per heavy atom. The number of methoxy groups -OCH3 is 1. The number of thiophene rings is 1. The molecule has 2 aromatic carbocycles. The van der Waals surface area contributed by atoms with Gasteiger partial charge in [0.1, 0.15) is 5.00 Å². The summed E-state index contributed by atoms with van der Waals surface area (Å²) in [5.41, 5.74) is 8.93. The number of hydrogen-bond donors (Lipinski definition) is 1. The molecule has 2 heterocycles. The third-order valence-corrected chi connectivity index (χ3v) is 8.81. The first-order valence-corrected chi connectivity index (χ1v) is 12.8. The van der Waals surface area contributed by atoms with Crippen molar-refractivity contribution in [2.45, 2.75) is 41.7 Å². The first-order chi connectivity index (χ1) is 16.5. The van der Waals surface area contributed by atoms with Crippen LogP contribution in [0.1, 0.15) is 45.1 Å². The van der Waals surface area contributed by atoms with Crippen molar-refractivity contribution in [1.29, 1.82) is 0 Å². The van der Waals surface area contributed by atoms with Gasteiger partial charge in [0.2, 0.25) is 11.8 Å². The number of benzene rings is 2. The van der Waals surface area contributed by atoms with Gasteiger partial charge in [-0.1, -0.05) is 30.3 Å². The second-order valence-electron chi connectivity index (χ2n) is 8.47. The average molecular weight is 493 g/mol. The molecule has 174 valence electrons. The summed E-state index contributed by atoms with van der Waals surface area (Å²) in [6.45, 7) is 0. The minimum absolute atomic E-state index is 0.0870. The van der Waals surface area contributed by atoms with Gasteiger partial charge in [0.25, 0.3) is 0 Å². The standard InChI is InChI=1S/C26H24N2O4S2/c1-32-26(31)23-19-12-7-16(15-5-3-2-4-6-15)13-20(19)34-25(23)28-22(29)14-21(24(28)30)33-18-10-8-17(27)9-11-18/h2-6,8-11,16,21H,7,12-14,27H2,1H3. The van der Waals surface area contributed by atoms with Crippen LogP contribution in [-0.4, -0.2) is 30.1 Å². The van der Waals surface area contributed by atoms with E-state index >= 15 is 0 Å². The van der Waals surface area contributed by atoms with Crippen molar-refractivity contribution < 1.29 is 19.1 Å². The molecule has 0 bridgehead atoms. The molecule has 2 atom stereocenters. The lowest BCUT2D eigenvalue weighted by atomic mass is 9.83. The van der Waals surface area contributed by atoms with Crippen LogP contribution in [0.15, 0.2) is 59.5 Å². The van der Waals surface area contributed by atoms with Crippen LogP contribution in [0.25, 0.3) is 0 Å². The van der Waals surface area contributed by atoms with E-state index < -0.39 is 11.2 Å². The maximum Gasteiger partial charge on any atom is 0.341 e. The van der Waals surface area contributed by atoms with Gasteiger partial charge in [0, 0.05) is 21.9 Å². The number of carbonyl (C=O) groups excluding carboxylic acids is 3. The molecule has 6 nitrogen and oxygen atoms in total. The number of fused-ring (bicyclic) bond motifs is 1.